The number of rotatable bonds is 3. The van der Waals surface area contributed by atoms with Crippen molar-refractivity contribution in [2.45, 2.75) is 44.3 Å². The first kappa shape index (κ1) is 17.4. The van der Waals surface area contributed by atoms with Gasteiger partial charge < -0.3 is 10.2 Å². The number of fused-ring (bicyclic) bond motifs is 2. The van der Waals surface area contributed by atoms with Crippen LogP contribution in [-0.2, 0) is 4.79 Å². The molecule has 1 aliphatic carbocycles. The van der Waals surface area contributed by atoms with Crippen LogP contribution in [0.15, 0.2) is 36.8 Å². The van der Waals surface area contributed by atoms with Crippen LogP contribution < -0.4 is 15.1 Å². The van der Waals surface area contributed by atoms with E-state index in [2.05, 4.69) is 26.3 Å². The highest BCUT2D eigenvalue weighted by atomic mass is 32.1. The first-order chi connectivity index (χ1) is 13.4. The van der Waals surface area contributed by atoms with Gasteiger partial charge in [0.2, 0.25) is 0 Å². The molecule has 0 atom stereocenters. The predicted molar refractivity (Wildman–Crippen MR) is 112 cm³/mol. The molecule has 5 rings (SSSR count). The van der Waals surface area contributed by atoms with Crippen molar-refractivity contribution in [1.29, 1.82) is 0 Å². The molecule has 2 aliphatic rings. The molecule has 0 radical (unpaired) electrons. The van der Waals surface area contributed by atoms with Crippen LogP contribution in [0.1, 0.15) is 26.7 Å². The van der Waals surface area contributed by atoms with Crippen molar-refractivity contribution in [3.63, 3.8) is 0 Å². The Morgan fingerprint density at radius 2 is 2.04 bits per heavy atom. The molecule has 2 aromatic heterocycles. The third-order valence-corrected chi connectivity index (χ3v) is 6.91. The summed E-state index contributed by atoms with van der Waals surface area (Å²) in [6, 6.07) is 8.60. The van der Waals surface area contributed by atoms with Crippen LogP contribution in [0.5, 0.6) is 0 Å². The number of carbonyl (C=O) groups excluding carboxylic acids is 1. The van der Waals surface area contributed by atoms with Gasteiger partial charge in [-0.25, -0.2) is 15.0 Å². The quantitative estimate of drug-likeness (QED) is 0.735. The molecule has 1 aromatic carbocycles. The van der Waals surface area contributed by atoms with Crippen molar-refractivity contribution in [3.05, 3.63) is 36.8 Å². The highest BCUT2D eigenvalue weighted by Crippen LogP contribution is 2.42. The number of nitrogens with zero attached hydrogens (tertiary/aromatic N) is 5. The molecular weight excluding hydrogens is 372 g/mol. The number of likely N-dealkylation sites (N-methyl/N-ethyl adjacent to an activating group) is 1. The van der Waals surface area contributed by atoms with Crippen LogP contribution in [0.4, 0.5) is 16.6 Å². The van der Waals surface area contributed by atoms with E-state index in [0.717, 1.165) is 29.2 Å². The summed E-state index contributed by atoms with van der Waals surface area (Å²) in [5.74, 6) is 0.801. The van der Waals surface area contributed by atoms with Gasteiger partial charge in [-0.2, -0.15) is 0 Å². The summed E-state index contributed by atoms with van der Waals surface area (Å²) in [5, 5.41) is 4.47. The van der Waals surface area contributed by atoms with Crippen LogP contribution in [0.2, 0.25) is 0 Å². The maximum atomic E-state index is 13.2. The molecule has 8 heteroatoms. The number of nitrogens with one attached hydrogen (secondary N) is 1. The molecule has 1 N–H and O–H groups in total. The molecule has 3 aromatic rings. The lowest BCUT2D eigenvalue weighted by Crippen LogP contribution is -2.64. The van der Waals surface area contributed by atoms with Crippen LogP contribution in [0.3, 0.4) is 0 Å². The van der Waals surface area contributed by atoms with Gasteiger partial charge in [-0.1, -0.05) is 23.5 Å². The maximum absolute atomic E-state index is 13.2. The van der Waals surface area contributed by atoms with Gasteiger partial charge >= 0.3 is 0 Å². The van der Waals surface area contributed by atoms with Crippen molar-refractivity contribution >= 4 is 44.1 Å². The van der Waals surface area contributed by atoms with Crippen LogP contribution >= 0.6 is 11.3 Å². The molecule has 144 valence electrons. The van der Waals surface area contributed by atoms with Crippen LogP contribution in [0, 0.1) is 0 Å². The lowest BCUT2D eigenvalue weighted by molar-refractivity contribution is -0.124. The van der Waals surface area contributed by atoms with E-state index in [-0.39, 0.29) is 11.9 Å². The number of hydrogen-bond donors (Lipinski definition) is 1. The molecule has 28 heavy (non-hydrogen) atoms. The zero-order valence-corrected chi connectivity index (χ0v) is 16.9. The van der Waals surface area contributed by atoms with Crippen LogP contribution in [0.25, 0.3) is 10.2 Å². The average Bonchev–Trinajstić information content (AvgIpc) is 3.07. The molecule has 7 nitrogen and oxygen atoms in total. The van der Waals surface area contributed by atoms with Crippen molar-refractivity contribution < 1.29 is 4.79 Å². The molecule has 1 amide bonds. The van der Waals surface area contributed by atoms with E-state index in [1.54, 1.807) is 17.5 Å². The van der Waals surface area contributed by atoms with Crippen molar-refractivity contribution in [3.8, 4) is 0 Å². The lowest BCUT2D eigenvalue weighted by atomic mass is 9.83. The highest BCUT2D eigenvalue weighted by molar-refractivity contribution is 7.22. The summed E-state index contributed by atoms with van der Waals surface area (Å²) < 4.78 is 1.18. The number of benzene rings is 1. The summed E-state index contributed by atoms with van der Waals surface area (Å²) in [7, 11) is 1.93. The Kier molecular flexibility index (Phi) is 3.80. The van der Waals surface area contributed by atoms with E-state index in [1.807, 2.05) is 48.9 Å². The van der Waals surface area contributed by atoms with E-state index < -0.39 is 5.54 Å². The Labute approximate surface area is 167 Å². The number of anilines is 3. The third kappa shape index (κ3) is 2.55. The second-order valence-electron chi connectivity index (χ2n) is 7.98. The van der Waals surface area contributed by atoms with E-state index in [9.17, 15) is 4.79 Å². The summed E-state index contributed by atoms with van der Waals surface area (Å²) in [5.41, 5.74) is 1.30. The van der Waals surface area contributed by atoms with Crippen LogP contribution in [-0.4, -0.2) is 45.5 Å². The van der Waals surface area contributed by atoms with Gasteiger partial charge in [-0.15, -0.1) is 0 Å². The minimum Gasteiger partial charge on any atom is -0.359 e. The average molecular weight is 395 g/mol. The number of thiazole rings is 1. The molecule has 0 bridgehead atoms. The molecule has 0 unspecified atom stereocenters. The fourth-order valence-electron chi connectivity index (χ4n) is 3.94. The number of para-hydroxylation sites is 1. The molecule has 1 fully saturated rings. The first-order valence-corrected chi connectivity index (χ1v) is 10.3. The van der Waals surface area contributed by atoms with Crippen molar-refractivity contribution in [1.82, 2.24) is 15.0 Å². The molecule has 1 aliphatic heterocycles. The molecule has 1 saturated carbocycles. The van der Waals surface area contributed by atoms with Gasteiger partial charge in [0.05, 0.1) is 22.1 Å². The van der Waals surface area contributed by atoms with E-state index in [0.29, 0.717) is 11.9 Å². The lowest BCUT2D eigenvalue weighted by Gasteiger charge is -2.51. The number of carbonyl (C=O) groups is 1. The summed E-state index contributed by atoms with van der Waals surface area (Å²) >= 11 is 1.67. The minimum atomic E-state index is -0.622. The SMILES string of the molecule is CN1c2cncnc2N([C@H]2C[C@H](Nc3nc4ccccc4s3)C2)C(=O)C1(C)C. The Morgan fingerprint density at radius 1 is 1.25 bits per heavy atom. The molecule has 3 heterocycles. The zero-order chi connectivity index (χ0) is 19.5. The van der Waals surface area contributed by atoms with E-state index >= 15 is 0 Å². The molecular formula is C20H22N6OS. The van der Waals surface area contributed by atoms with Gasteiger partial charge in [0.15, 0.2) is 10.9 Å². The maximum Gasteiger partial charge on any atom is 0.253 e. The predicted octanol–water partition coefficient (Wildman–Crippen LogP) is 3.29. The topological polar surface area (TPSA) is 74.2 Å². The molecule has 0 saturated heterocycles. The van der Waals surface area contributed by atoms with Gasteiger partial charge in [0, 0.05) is 19.1 Å². The second kappa shape index (κ2) is 6.13. The minimum absolute atomic E-state index is 0.0876. The van der Waals surface area contributed by atoms with Crippen molar-refractivity contribution in [2.24, 2.45) is 0 Å². The van der Waals surface area contributed by atoms with Gasteiger partial charge in [-0.05, 0) is 38.8 Å². The summed E-state index contributed by atoms with van der Waals surface area (Å²) in [4.78, 5) is 30.3. The van der Waals surface area contributed by atoms with E-state index in [1.165, 1.54) is 11.0 Å². The van der Waals surface area contributed by atoms with E-state index in [4.69, 9.17) is 0 Å². The third-order valence-electron chi connectivity index (χ3n) is 5.94. The Hall–Kier alpha value is -2.74. The zero-order valence-electron chi connectivity index (χ0n) is 16.1. The Morgan fingerprint density at radius 3 is 2.82 bits per heavy atom. The van der Waals surface area contributed by atoms with Gasteiger partial charge in [0.25, 0.3) is 5.91 Å². The fraction of sp³-hybridized carbons (Fsp3) is 0.400. The second-order valence-corrected chi connectivity index (χ2v) is 9.01. The number of aromatic nitrogens is 3. The smallest absolute Gasteiger partial charge is 0.253 e. The Balaban J connectivity index is 1.35. The number of amides is 1. The largest absolute Gasteiger partial charge is 0.359 e. The highest BCUT2D eigenvalue weighted by Gasteiger charge is 2.49. The normalized spacial score (nSPS) is 23.5. The monoisotopic (exact) mass is 394 g/mol. The van der Waals surface area contributed by atoms with Crippen molar-refractivity contribution in [2.75, 3.05) is 22.2 Å². The number of hydrogen-bond acceptors (Lipinski definition) is 7. The summed E-state index contributed by atoms with van der Waals surface area (Å²) in [6.45, 7) is 3.90. The fourth-order valence-corrected chi connectivity index (χ4v) is 4.88. The standard InChI is InChI=1S/C20H22N6OS/c1-20(2)18(27)26(17-15(25(20)3)10-21-11-22-17)13-8-12(9-13)23-19-24-14-6-4-5-7-16(14)28-19/h4-7,10-13H,8-9H2,1-3H3,(H,23,24)/t12-,13-. The first-order valence-electron chi connectivity index (χ1n) is 9.45. The Bertz CT molecular complexity index is 1020. The summed E-state index contributed by atoms with van der Waals surface area (Å²) in [6.07, 6.45) is 5.07. The molecule has 0 spiro atoms. The van der Waals surface area contributed by atoms with Gasteiger partial charge in [0.1, 0.15) is 11.9 Å². The van der Waals surface area contributed by atoms with Gasteiger partial charge in [-0.3, -0.25) is 9.69 Å².